The minimum atomic E-state index is -1.51. The Morgan fingerprint density at radius 2 is 1.71 bits per heavy atom. The molecule has 7 heteroatoms. The van der Waals surface area contributed by atoms with Gasteiger partial charge in [0, 0.05) is 0 Å². The Kier molecular flexibility index (Phi) is 3.36. The fourth-order valence-electron chi connectivity index (χ4n) is 2.03. The highest BCUT2D eigenvalue weighted by molar-refractivity contribution is 9.09. The summed E-state index contributed by atoms with van der Waals surface area (Å²) in [5, 5.41) is 0. The van der Waals surface area contributed by atoms with Crippen molar-refractivity contribution < 1.29 is 17.6 Å². The second-order valence-electron chi connectivity index (χ2n) is 4.43. The summed E-state index contributed by atoms with van der Waals surface area (Å²) in [4.78, 5) is 13.0. The first-order valence-corrected chi connectivity index (χ1v) is 6.78. The molecule has 0 saturated carbocycles. The van der Waals surface area contributed by atoms with Crippen LogP contribution in [-0.2, 0) is 0 Å². The first-order chi connectivity index (χ1) is 9.95. The van der Waals surface area contributed by atoms with Crippen LogP contribution in [-0.4, -0.2) is 4.98 Å². The summed E-state index contributed by atoms with van der Waals surface area (Å²) in [6.07, 6.45) is 0. The Hall–Kier alpha value is -2.02. The minimum absolute atomic E-state index is 0.212. The number of rotatable bonds is 2. The largest absolute Gasteiger partial charge is 0.417 e. The number of alkyl halides is 1. The second-order valence-corrected chi connectivity index (χ2v) is 5.35. The predicted octanol–water partition coefficient (Wildman–Crippen LogP) is 4.02. The van der Waals surface area contributed by atoms with Crippen LogP contribution in [0.4, 0.5) is 13.2 Å². The zero-order valence-corrected chi connectivity index (χ0v) is 11.9. The summed E-state index contributed by atoms with van der Waals surface area (Å²) in [6, 6.07) is 6.66. The standard InChI is InChI=1S/C14H7BrF3NO2/c15-12(7-3-8(16)13(18)9(17)4-7)6-1-2-10-11(5-6)21-14(20)19-10/h1-5,12H,(H,19,20). The molecule has 0 saturated heterocycles. The highest BCUT2D eigenvalue weighted by Crippen LogP contribution is 2.33. The lowest BCUT2D eigenvalue weighted by Crippen LogP contribution is -1.98. The number of fused-ring (bicyclic) bond motifs is 1. The molecule has 0 radical (unpaired) electrons. The zero-order valence-electron chi connectivity index (χ0n) is 10.3. The molecule has 0 aliphatic carbocycles. The van der Waals surface area contributed by atoms with Crippen LogP contribution in [0.5, 0.6) is 0 Å². The third-order valence-corrected chi connectivity index (χ3v) is 4.09. The van der Waals surface area contributed by atoms with Gasteiger partial charge in [-0.1, -0.05) is 22.0 Å². The number of benzene rings is 2. The summed E-state index contributed by atoms with van der Waals surface area (Å²) >= 11 is 3.29. The van der Waals surface area contributed by atoms with E-state index in [1.165, 1.54) is 0 Å². The van der Waals surface area contributed by atoms with Crippen molar-refractivity contribution >= 4 is 27.0 Å². The Morgan fingerprint density at radius 1 is 1.05 bits per heavy atom. The fourth-order valence-corrected chi connectivity index (χ4v) is 2.58. The summed E-state index contributed by atoms with van der Waals surface area (Å²) < 4.78 is 44.4. The lowest BCUT2D eigenvalue weighted by atomic mass is 10.0. The number of aromatic amines is 1. The van der Waals surface area contributed by atoms with Crippen LogP contribution >= 0.6 is 15.9 Å². The highest BCUT2D eigenvalue weighted by atomic mass is 79.9. The van der Waals surface area contributed by atoms with Gasteiger partial charge in [0.1, 0.15) is 0 Å². The van der Waals surface area contributed by atoms with E-state index in [1.54, 1.807) is 18.2 Å². The van der Waals surface area contributed by atoms with Gasteiger partial charge < -0.3 is 4.42 Å². The molecule has 1 N–H and O–H groups in total. The van der Waals surface area contributed by atoms with Gasteiger partial charge in [-0.3, -0.25) is 4.98 Å². The summed E-state index contributed by atoms with van der Waals surface area (Å²) in [5.74, 6) is -4.62. The molecule has 0 amide bonds. The molecule has 1 unspecified atom stereocenters. The Morgan fingerprint density at radius 3 is 2.38 bits per heavy atom. The van der Waals surface area contributed by atoms with Crippen molar-refractivity contribution in [2.24, 2.45) is 0 Å². The number of H-pyrrole nitrogens is 1. The third kappa shape index (κ3) is 2.49. The summed E-state index contributed by atoms with van der Waals surface area (Å²) in [6.45, 7) is 0. The average Bonchev–Trinajstić information content (AvgIpc) is 2.82. The van der Waals surface area contributed by atoms with Gasteiger partial charge in [-0.15, -0.1) is 0 Å². The van der Waals surface area contributed by atoms with E-state index >= 15 is 0 Å². The van der Waals surface area contributed by atoms with Gasteiger partial charge in [0.25, 0.3) is 0 Å². The smallest absolute Gasteiger partial charge is 0.408 e. The third-order valence-electron chi connectivity index (χ3n) is 3.04. The number of hydrogen-bond donors (Lipinski definition) is 1. The van der Waals surface area contributed by atoms with Gasteiger partial charge in [0.15, 0.2) is 23.0 Å². The summed E-state index contributed by atoms with van der Waals surface area (Å²) in [7, 11) is 0. The van der Waals surface area contributed by atoms with Crippen molar-refractivity contribution in [2.75, 3.05) is 0 Å². The molecule has 3 rings (SSSR count). The van der Waals surface area contributed by atoms with E-state index in [0.29, 0.717) is 16.7 Å². The molecule has 21 heavy (non-hydrogen) atoms. The maximum absolute atomic E-state index is 13.3. The van der Waals surface area contributed by atoms with Crippen molar-refractivity contribution in [3.05, 3.63) is 69.5 Å². The van der Waals surface area contributed by atoms with Gasteiger partial charge in [0.05, 0.1) is 10.3 Å². The van der Waals surface area contributed by atoms with E-state index in [9.17, 15) is 18.0 Å². The molecule has 0 bridgehead atoms. The quantitative estimate of drug-likeness (QED) is 0.556. The molecule has 108 valence electrons. The highest BCUT2D eigenvalue weighted by Gasteiger charge is 2.17. The Balaban J connectivity index is 2.07. The average molecular weight is 358 g/mol. The molecule has 2 aromatic carbocycles. The molecule has 0 aliphatic heterocycles. The molecule has 0 spiro atoms. The Bertz CT molecular complexity index is 864. The van der Waals surface area contributed by atoms with Crippen molar-refractivity contribution in [3.63, 3.8) is 0 Å². The van der Waals surface area contributed by atoms with Crippen LogP contribution in [0.15, 0.2) is 39.5 Å². The monoisotopic (exact) mass is 357 g/mol. The minimum Gasteiger partial charge on any atom is -0.408 e. The van der Waals surface area contributed by atoms with Gasteiger partial charge in [-0.25, -0.2) is 18.0 Å². The SMILES string of the molecule is O=c1[nH]c2ccc(C(Br)c3cc(F)c(F)c(F)c3)cc2o1. The lowest BCUT2D eigenvalue weighted by Gasteiger charge is -2.11. The van der Waals surface area contributed by atoms with E-state index in [4.69, 9.17) is 4.42 Å². The number of nitrogens with one attached hydrogen (secondary N) is 1. The molecule has 0 aliphatic rings. The number of hydrogen-bond acceptors (Lipinski definition) is 2. The Labute approximate surface area is 124 Å². The maximum atomic E-state index is 13.3. The lowest BCUT2D eigenvalue weighted by molar-refractivity contribution is 0.445. The van der Waals surface area contributed by atoms with Crippen LogP contribution in [0.25, 0.3) is 11.1 Å². The number of oxazole rings is 1. The molecule has 1 aromatic heterocycles. The first-order valence-electron chi connectivity index (χ1n) is 5.87. The van der Waals surface area contributed by atoms with Crippen LogP contribution < -0.4 is 5.76 Å². The molecule has 3 nitrogen and oxygen atoms in total. The fraction of sp³-hybridized carbons (Fsp3) is 0.0714. The van der Waals surface area contributed by atoms with Crippen molar-refractivity contribution in [1.82, 2.24) is 4.98 Å². The molecular formula is C14H7BrF3NO2. The molecular weight excluding hydrogens is 351 g/mol. The van der Waals surface area contributed by atoms with Gasteiger partial charge in [-0.2, -0.15) is 0 Å². The van der Waals surface area contributed by atoms with E-state index in [2.05, 4.69) is 20.9 Å². The first kappa shape index (κ1) is 13.9. The van der Waals surface area contributed by atoms with Crippen LogP contribution in [0.3, 0.4) is 0 Å². The van der Waals surface area contributed by atoms with E-state index in [1.807, 2.05) is 0 Å². The van der Waals surface area contributed by atoms with Crippen LogP contribution in [0.2, 0.25) is 0 Å². The van der Waals surface area contributed by atoms with Gasteiger partial charge >= 0.3 is 5.76 Å². The summed E-state index contributed by atoms with van der Waals surface area (Å²) in [5.41, 5.74) is 1.66. The number of aromatic nitrogens is 1. The topological polar surface area (TPSA) is 46.0 Å². The normalized spacial score (nSPS) is 12.8. The molecule has 1 heterocycles. The van der Waals surface area contributed by atoms with Gasteiger partial charge in [0.2, 0.25) is 0 Å². The second kappa shape index (κ2) is 5.07. The number of halogens is 4. The predicted molar refractivity (Wildman–Crippen MR) is 73.9 cm³/mol. The maximum Gasteiger partial charge on any atom is 0.417 e. The van der Waals surface area contributed by atoms with E-state index in [-0.39, 0.29) is 5.56 Å². The molecule has 1 atom stereocenters. The van der Waals surface area contributed by atoms with E-state index < -0.39 is 28.0 Å². The van der Waals surface area contributed by atoms with Crippen LogP contribution in [0.1, 0.15) is 16.0 Å². The van der Waals surface area contributed by atoms with Crippen molar-refractivity contribution in [1.29, 1.82) is 0 Å². The molecule has 3 aromatic rings. The van der Waals surface area contributed by atoms with E-state index in [0.717, 1.165) is 12.1 Å². The van der Waals surface area contributed by atoms with Crippen molar-refractivity contribution in [2.45, 2.75) is 4.83 Å². The molecule has 0 fully saturated rings. The van der Waals surface area contributed by atoms with Crippen molar-refractivity contribution in [3.8, 4) is 0 Å². The van der Waals surface area contributed by atoms with Crippen LogP contribution in [0, 0.1) is 17.5 Å². The zero-order chi connectivity index (χ0) is 15.1. The van der Waals surface area contributed by atoms with Gasteiger partial charge in [-0.05, 0) is 35.4 Å².